The van der Waals surface area contributed by atoms with E-state index in [1.54, 1.807) is 30.3 Å². The molecule has 0 heterocycles. The van der Waals surface area contributed by atoms with E-state index in [0.717, 1.165) is 24.3 Å². The predicted molar refractivity (Wildman–Crippen MR) is 219 cm³/mol. The summed E-state index contributed by atoms with van der Waals surface area (Å²) in [5.41, 5.74) is -0.244. The van der Waals surface area contributed by atoms with Crippen LogP contribution in [0.15, 0.2) is 135 Å². The molecule has 0 unspecified atom stereocenters. The van der Waals surface area contributed by atoms with Crippen LogP contribution in [0.25, 0.3) is 0 Å². The predicted octanol–water partition coefficient (Wildman–Crippen LogP) is 7.57. The van der Waals surface area contributed by atoms with Crippen LogP contribution in [0, 0.1) is 17.1 Å². The third kappa shape index (κ3) is 13.5. The minimum absolute atomic E-state index is 0.0484. The third-order valence-electron chi connectivity index (χ3n) is 8.30. The highest BCUT2D eigenvalue weighted by atomic mass is 19.1. The number of halogens is 1. The van der Waals surface area contributed by atoms with Crippen molar-refractivity contribution in [1.82, 2.24) is 0 Å². The van der Waals surface area contributed by atoms with Gasteiger partial charge in [0, 0.05) is 25.0 Å². The molecule has 0 atom stereocenters. The summed E-state index contributed by atoms with van der Waals surface area (Å²) in [6.45, 7) is 7.49. The van der Waals surface area contributed by atoms with E-state index < -0.39 is 58.7 Å². The van der Waals surface area contributed by atoms with E-state index >= 15 is 4.39 Å². The lowest BCUT2D eigenvalue weighted by atomic mass is 10.2. The number of hydrogen-bond donors (Lipinski definition) is 0. The molecule has 0 radical (unpaired) electrons. The maximum absolute atomic E-state index is 15.4. The summed E-state index contributed by atoms with van der Waals surface area (Å²) in [5.74, 6) is -6.05. The van der Waals surface area contributed by atoms with Gasteiger partial charge >= 0.3 is 35.8 Å². The first-order valence-electron chi connectivity index (χ1n) is 18.8. The Kier molecular flexibility index (Phi) is 16.4. The Morgan fingerprint density at radius 2 is 0.857 bits per heavy atom. The minimum atomic E-state index is -1.26. The summed E-state index contributed by atoms with van der Waals surface area (Å²) in [6, 6.07) is 26.3. The molecule has 0 saturated heterocycles. The fourth-order valence-corrected chi connectivity index (χ4v) is 5.10. The summed E-state index contributed by atoms with van der Waals surface area (Å²) in [4.78, 5) is 73.9. The van der Waals surface area contributed by atoms with Gasteiger partial charge in [-0.05, 0) is 109 Å². The van der Waals surface area contributed by atoms with Crippen LogP contribution in [0.2, 0.25) is 0 Å². The molecule has 16 heteroatoms. The monoisotopic (exact) mass is 857 g/mol. The van der Waals surface area contributed by atoms with Crippen LogP contribution in [0.4, 0.5) is 4.39 Å². The summed E-state index contributed by atoms with van der Waals surface area (Å²) in [5, 5.41) is 9.40. The van der Waals surface area contributed by atoms with Gasteiger partial charge in [-0.1, -0.05) is 13.2 Å². The molecule has 0 bridgehead atoms. The van der Waals surface area contributed by atoms with Crippen LogP contribution >= 0.6 is 0 Å². The lowest BCUT2D eigenvalue weighted by molar-refractivity contribution is -0.138. The summed E-state index contributed by atoms with van der Waals surface area (Å²) in [6.07, 6.45) is 3.02. The van der Waals surface area contributed by atoms with Crippen molar-refractivity contribution in [2.45, 2.75) is 12.8 Å². The highest BCUT2D eigenvalue weighted by Gasteiger charge is 2.23. The lowest BCUT2D eigenvalue weighted by Crippen LogP contribution is -2.14. The van der Waals surface area contributed by atoms with Crippen molar-refractivity contribution >= 4 is 35.8 Å². The second kappa shape index (κ2) is 22.7. The van der Waals surface area contributed by atoms with Crippen LogP contribution < -0.4 is 28.4 Å². The maximum Gasteiger partial charge on any atom is 0.343 e. The van der Waals surface area contributed by atoms with E-state index in [-0.39, 0.29) is 60.2 Å². The second-order valence-electron chi connectivity index (χ2n) is 12.7. The van der Waals surface area contributed by atoms with E-state index in [4.69, 9.17) is 37.9 Å². The van der Waals surface area contributed by atoms with Crippen LogP contribution in [0.3, 0.4) is 0 Å². The Hall–Kier alpha value is -8.58. The molecule has 5 rings (SSSR count). The molecule has 0 spiro atoms. The zero-order valence-electron chi connectivity index (χ0n) is 33.2. The molecule has 0 N–H and O–H groups in total. The number of hydrogen-bond acceptors (Lipinski definition) is 15. The molecule has 320 valence electrons. The minimum Gasteiger partial charge on any atom is -0.493 e. The van der Waals surface area contributed by atoms with Gasteiger partial charge in [0.25, 0.3) is 0 Å². The number of nitrogens with zero attached hydrogens (tertiary/aromatic N) is 1. The van der Waals surface area contributed by atoms with Crippen molar-refractivity contribution in [2.24, 2.45) is 0 Å². The van der Waals surface area contributed by atoms with Gasteiger partial charge in [-0.15, -0.1) is 0 Å². The Morgan fingerprint density at radius 3 is 1.24 bits per heavy atom. The van der Waals surface area contributed by atoms with Crippen molar-refractivity contribution in [2.75, 3.05) is 26.4 Å². The highest BCUT2D eigenvalue weighted by Crippen LogP contribution is 2.34. The summed E-state index contributed by atoms with van der Waals surface area (Å²) < 4.78 is 57.7. The number of rotatable bonds is 20. The first-order chi connectivity index (χ1) is 30.5. The van der Waals surface area contributed by atoms with Gasteiger partial charge in [0.15, 0.2) is 11.6 Å². The molecule has 0 aliphatic rings. The van der Waals surface area contributed by atoms with Gasteiger partial charge in [0.05, 0.1) is 54.2 Å². The van der Waals surface area contributed by atoms with Crippen LogP contribution in [0.5, 0.6) is 34.5 Å². The number of carbonyl (C=O) groups excluding carboxylic acids is 6. The van der Waals surface area contributed by atoms with Crippen LogP contribution in [-0.4, -0.2) is 62.2 Å². The zero-order chi connectivity index (χ0) is 45.1. The number of nitriles is 1. The van der Waals surface area contributed by atoms with Gasteiger partial charge < -0.3 is 37.9 Å². The first-order valence-corrected chi connectivity index (χ1v) is 18.8. The Labute approximate surface area is 359 Å². The molecular weight excluding hydrogens is 822 g/mol. The quantitative estimate of drug-likeness (QED) is 0.0321. The number of ether oxygens (including phenoxy) is 8. The largest absolute Gasteiger partial charge is 0.493 e. The van der Waals surface area contributed by atoms with Crippen molar-refractivity contribution in [3.63, 3.8) is 0 Å². The topological polar surface area (TPSA) is 200 Å². The summed E-state index contributed by atoms with van der Waals surface area (Å²) in [7, 11) is 0. The fourth-order valence-electron chi connectivity index (χ4n) is 5.10. The number of esters is 6. The van der Waals surface area contributed by atoms with E-state index in [0.29, 0.717) is 24.3 Å². The van der Waals surface area contributed by atoms with E-state index in [2.05, 4.69) is 13.2 Å². The standard InChI is InChI=1S/C47H36FNO14/c1-3-40(50)58-27-5-25-56-35-16-7-30(8-17-35)44(52)60-37-20-11-32(12-21-37)46(54)62-39-24-15-34(29-49)42(48)43(39)63-47(55)33-13-22-38(23-14-33)61-45(53)31-9-18-36(19-10-31)57-26-6-28-59-41(51)4-2/h3-4,7-24H,1-2,5-6,25-28H2. The third-order valence-corrected chi connectivity index (χ3v) is 8.30. The smallest absolute Gasteiger partial charge is 0.343 e. The lowest BCUT2D eigenvalue weighted by Gasteiger charge is -2.13. The normalized spacial score (nSPS) is 10.2. The Balaban J connectivity index is 1.14. The van der Waals surface area contributed by atoms with E-state index in [1.807, 2.05) is 0 Å². The molecule has 0 aliphatic carbocycles. The molecule has 0 saturated carbocycles. The van der Waals surface area contributed by atoms with Crippen LogP contribution in [-0.2, 0) is 19.1 Å². The average Bonchev–Trinajstić information content (AvgIpc) is 3.30. The zero-order valence-corrected chi connectivity index (χ0v) is 33.2. The average molecular weight is 858 g/mol. The molecular formula is C47H36FNO14. The molecule has 0 aliphatic heterocycles. The second-order valence-corrected chi connectivity index (χ2v) is 12.7. The fraction of sp³-hybridized carbons (Fsp3) is 0.128. The maximum atomic E-state index is 15.4. The molecule has 0 aromatic heterocycles. The Bertz CT molecular complexity index is 2510. The van der Waals surface area contributed by atoms with Crippen molar-refractivity contribution in [3.8, 4) is 40.6 Å². The van der Waals surface area contributed by atoms with Crippen LogP contribution in [0.1, 0.15) is 59.8 Å². The Morgan fingerprint density at radius 1 is 0.492 bits per heavy atom. The molecule has 5 aromatic rings. The molecule has 0 amide bonds. The van der Waals surface area contributed by atoms with Gasteiger partial charge in [-0.25, -0.2) is 33.2 Å². The van der Waals surface area contributed by atoms with Crippen molar-refractivity contribution in [1.29, 1.82) is 5.26 Å². The first kappa shape index (κ1) is 45.5. The molecule has 63 heavy (non-hydrogen) atoms. The number of benzene rings is 5. The highest BCUT2D eigenvalue weighted by molar-refractivity contribution is 5.95. The SMILES string of the molecule is C=CC(=O)OCCCOc1ccc(C(=O)Oc2ccc(C(=O)Oc3ccc(C#N)c(F)c3OC(=O)c3ccc(OC(=O)c4ccc(OCCCOC(=O)C=C)cc4)cc3)cc2)cc1. The molecule has 5 aromatic carbocycles. The number of carbonyl (C=O) groups is 6. The van der Waals surface area contributed by atoms with Crippen molar-refractivity contribution < 1.29 is 71.1 Å². The van der Waals surface area contributed by atoms with Crippen molar-refractivity contribution in [3.05, 3.63) is 168 Å². The summed E-state index contributed by atoms with van der Waals surface area (Å²) >= 11 is 0. The van der Waals surface area contributed by atoms with Gasteiger partial charge in [0.1, 0.15) is 29.1 Å². The van der Waals surface area contributed by atoms with Gasteiger partial charge in [-0.3, -0.25) is 0 Å². The van der Waals surface area contributed by atoms with Gasteiger partial charge in [-0.2, -0.15) is 5.26 Å². The van der Waals surface area contributed by atoms with E-state index in [9.17, 15) is 34.0 Å². The van der Waals surface area contributed by atoms with Gasteiger partial charge in [0.2, 0.25) is 5.75 Å². The van der Waals surface area contributed by atoms with E-state index in [1.165, 1.54) is 72.8 Å². The molecule has 15 nitrogen and oxygen atoms in total. The molecule has 0 fully saturated rings.